The van der Waals surface area contributed by atoms with Crippen LogP contribution in [0.25, 0.3) is 0 Å². The van der Waals surface area contributed by atoms with E-state index >= 15 is 0 Å². The van der Waals surface area contributed by atoms with E-state index in [9.17, 15) is 0 Å². The minimum Gasteiger partial charge on any atom is -0.496 e. The van der Waals surface area contributed by atoms with Crippen molar-refractivity contribution in [3.63, 3.8) is 0 Å². The van der Waals surface area contributed by atoms with Crippen LogP contribution in [-0.4, -0.2) is 76.1 Å². The topological polar surface area (TPSA) is 43.4 Å². The third kappa shape index (κ3) is 6.30. The predicted octanol–water partition coefficient (Wildman–Crippen LogP) is 3.63. The molecule has 1 aliphatic carbocycles. The van der Waals surface area contributed by atoms with Gasteiger partial charge in [-0.2, -0.15) is 0 Å². The van der Waals surface area contributed by atoms with E-state index in [1.165, 1.54) is 24.9 Å². The monoisotopic (exact) mass is 462 g/mol. The molecule has 1 aromatic rings. The first kappa shape index (κ1) is 25.3. The van der Waals surface area contributed by atoms with Crippen molar-refractivity contribution in [3.8, 4) is 17.2 Å². The number of morpholine rings is 1. The second-order valence-corrected chi connectivity index (χ2v) is 8.29. The van der Waals surface area contributed by atoms with Gasteiger partial charge in [0.25, 0.3) is 0 Å². The Morgan fingerprint density at radius 3 is 2.17 bits per heavy atom. The molecule has 0 unspecified atom stereocenters. The summed E-state index contributed by atoms with van der Waals surface area (Å²) in [6, 6.07) is 4.11. The Kier molecular flexibility index (Phi) is 10.3. The van der Waals surface area contributed by atoms with Crippen LogP contribution in [0, 0.1) is 5.92 Å². The van der Waals surface area contributed by atoms with Crippen molar-refractivity contribution in [1.82, 2.24) is 9.80 Å². The summed E-state index contributed by atoms with van der Waals surface area (Å²) in [5.74, 6) is 3.24. The van der Waals surface area contributed by atoms with Crippen molar-refractivity contribution in [2.24, 2.45) is 5.92 Å². The van der Waals surface area contributed by atoms with Crippen LogP contribution in [0.15, 0.2) is 12.1 Å². The molecule has 30 heavy (non-hydrogen) atoms. The van der Waals surface area contributed by atoms with E-state index in [2.05, 4.69) is 15.9 Å². The number of ether oxygens (including phenoxy) is 4. The lowest BCUT2D eigenvalue weighted by atomic mass is 9.81. The molecule has 2 heterocycles. The maximum atomic E-state index is 6.30. The summed E-state index contributed by atoms with van der Waals surface area (Å²) in [6.45, 7) is 8.26. The average Bonchev–Trinajstić information content (AvgIpc) is 3.20. The van der Waals surface area contributed by atoms with Crippen LogP contribution in [0.4, 0.5) is 0 Å². The zero-order valence-electron chi connectivity index (χ0n) is 18.1. The van der Waals surface area contributed by atoms with Crippen LogP contribution < -0.4 is 14.2 Å². The molecule has 1 saturated carbocycles. The van der Waals surface area contributed by atoms with Crippen LogP contribution in [0.3, 0.4) is 0 Å². The van der Waals surface area contributed by atoms with E-state index in [0.717, 1.165) is 81.9 Å². The molecule has 172 valence electrons. The van der Waals surface area contributed by atoms with Crippen molar-refractivity contribution < 1.29 is 18.9 Å². The highest BCUT2D eigenvalue weighted by atomic mass is 35.5. The number of nitrogens with zero attached hydrogens (tertiary/aromatic N) is 2. The number of methoxy groups -OCH3 is 2. The van der Waals surface area contributed by atoms with E-state index in [4.69, 9.17) is 18.9 Å². The van der Waals surface area contributed by atoms with Gasteiger partial charge in [-0.05, 0) is 50.8 Å². The molecular formula is C22H36Cl2N2O4. The summed E-state index contributed by atoms with van der Waals surface area (Å²) in [5.41, 5.74) is 1.17. The van der Waals surface area contributed by atoms with Gasteiger partial charge in [-0.3, -0.25) is 9.80 Å². The van der Waals surface area contributed by atoms with Gasteiger partial charge in [0.1, 0.15) is 5.75 Å². The minimum atomic E-state index is 0. The number of benzene rings is 1. The molecule has 2 saturated heterocycles. The SMILES string of the molecule is COc1cc(O[C@H]2C[C@H](CN3CCOCC3)C2)c(OC)cc1CN1CCCC1.Cl.Cl. The molecule has 0 aromatic heterocycles. The number of hydrogen-bond acceptors (Lipinski definition) is 6. The number of halogens is 2. The molecule has 0 radical (unpaired) electrons. The second kappa shape index (κ2) is 12.2. The zero-order chi connectivity index (χ0) is 19.3. The summed E-state index contributed by atoms with van der Waals surface area (Å²) in [5, 5.41) is 0. The van der Waals surface area contributed by atoms with Crippen LogP contribution in [0.2, 0.25) is 0 Å². The summed E-state index contributed by atoms with van der Waals surface area (Å²) < 4.78 is 23.1. The highest BCUT2D eigenvalue weighted by Crippen LogP contribution is 2.40. The highest BCUT2D eigenvalue weighted by molar-refractivity contribution is 5.85. The Hall–Kier alpha value is -0.920. The molecule has 0 N–H and O–H groups in total. The molecule has 4 rings (SSSR count). The zero-order valence-corrected chi connectivity index (χ0v) is 19.8. The van der Waals surface area contributed by atoms with Gasteiger partial charge in [-0.1, -0.05) is 0 Å². The van der Waals surface area contributed by atoms with Crippen LogP contribution in [-0.2, 0) is 11.3 Å². The molecule has 2 aliphatic heterocycles. The molecule has 0 spiro atoms. The fourth-order valence-corrected chi connectivity index (χ4v) is 4.58. The van der Waals surface area contributed by atoms with Gasteiger partial charge in [-0.15, -0.1) is 24.8 Å². The normalized spacial score (nSPS) is 24.3. The lowest BCUT2D eigenvalue weighted by Gasteiger charge is -2.39. The smallest absolute Gasteiger partial charge is 0.165 e. The number of rotatable bonds is 8. The largest absolute Gasteiger partial charge is 0.496 e. The molecular weight excluding hydrogens is 427 g/mol. The van der Waals surface area contributed by atoms with Crippen LogP contribution >= 0.6 is 24.8 Å². The van der Waals surface area contributed by atoms with Crippen molar-refractivity contribution in [2.75, 3.05) is 60.2 Å². The van der Waals surface area contributed by atoms with Gasteiger partial charge < -0.3 is 18.9 Å². The molecule has 6 nitrogen and oxygen atoms in total. The molecule has 8 heteroatoms. The lowest BCUT2D eigenvalue weighted by molar-refractivity contribution is -0.000465. The minimum absolute atomic E-state index is 0. The fourth-order valence-electron chi connectivity index (χ4n) is 4.58. The molecule has 3 fully saturated rings. The quantitative estimate of drug-likeness (QED) is 0.587. The van der Waals surface area contributed by atoms with Crippen molar-refractivity contribution >= 4 is 24.8 Å². The van der Waals surface area contributed by atoms with Crippen LogP contribution in [0.5, 0.6) is 17.2 Å². The van der Waals surface area contributed by atoms with E-state index in [1.54, 1.807) is 14.2 Å². The van der Waals surface area contributed by atoms with Gasteiger partial charge >= 0.3 is 0 Å². The Morgan fingerprint density at radius 2 is 1.53 bits per heavy atom. The van der Waals surface area contributed by atoms with Crippen molar-refractivity contribution in [1.29, 1.82) is 0 Å². The van der Waals surface area contributed by atoms with Crippen molar-refractivity contribution in [2.45, 2.75) is 38.3 Å². The van der Waals surface area contributed by atoms with Crippen molar-refractivity contribution in [3.05, 3.63) is 17.7 Å². The van der Waals surface area contributed by atoms with E-state index in [0.29, 0.717) is 0 Å². The standard InChI is InChI=1S/C22H34N2O4.2ClH/c1-25-20-14-22(21(26-2)13-18(20)16-23-5-3-4-6-23)28-19-11-17(12-19)15-24-7-9-27-10-8-24;;/h13-14,17,19H,3-12,15-16H2,1-2H3;2*1H/t17-,19-;;. The van der Waals surface area contributed by atoms with Gasteiger partial charge in [-0.25, -0.2) is 0 Å². The van der Waals surface area contributed by atoms with Gasteiger partial charge in [0, 0.05) is 37.8 Å². The maximum absolute atomic E-state index is 6.30. The summed E-state index contributed by atoms with van der Waals surface area (Å²) in [4.78, 5) is 4.99. The average molecular weight is 463 g/mol. The first-order valence-electron chi connectivity index (χ1n) is 10.7. The third-order valence-electron chi connectivity index (χ3n) is 6.27. The Bertz CT molecular complexity index is 646. The molecule has 0 atom stereocenters. The molecule has 0 bridgehead atoms. The molecule has 1 aromatic carbocycles. The highest BCUT2D eigenvalue weighted by Gasteiger charge is 2.33. The lowest BCUT2D eigenvalue weighted by Crippen LogP contribution is -2.45. The van der Waals surface area contributed by atoms with E-state index in [1.807, 2.05) is 6.07 Å². The first-order valence-corrected chi connectivity index (χ1v) is 10.7. The fraction of sp³-hybridized carbons (Fsp3) is 0.727. The second-order valence-electron chi connectivity index (χ2n) is 8.29. The van der Waals surface area contributed by atoms with Crippen LogP contribution in [0.1, 0.15) is 31.2 Å². The Morgan fingerprint density at radius 1 is 0.867 bits per heavy atom. The van der Waals surface area contributed by atoms with Gasteiger partial charge in [0.15, 0.2) is 11.5 Å². The van der Waals surface area contributed by atoms with Gasteiger partial charge in [0.05, 0.1) is 33.5 Å². The van der Waals surface area contributed by atoms with E-state index < -0.39 is 0 Å². The summed E-state index contributed by atoms with van der Waals surface area (Å²) in [7, 11) is 3.46. The van der Waals surface area contributed by atoms with E-state index in [-0.39, 0.29) is 30.9 Å². The maximum Gasteiger partial charge on any atom is 0.165 e. The number of likely N-dealkylation sites (tertiary alicyclic amines) is 1. The molecule has 0 amide bonds. The predicted molar refractivity (Wildman–Crippen MR) is 123 cm³/mol. The Balaban J connectivity index is 0.00000160. The third-order valence-corrected chi connectivity index (χ3v) is 6.27. The van der Waals surface area contributed by atoms with Gasteiger partial charge in [0.2, 0.25) is 0 Å². The number of hydrogen-bond donors (Lipinski definition) is 0. The first-order chi connectivity index (χ1) is 13.7. The summed E-state index contributed by atoms with van der Waals surface area (Å²) >= 11 is 0. The Labute approximate surface area is 193 Å². The molecule has 3 aliphatic rings. The summed E-state index contributed by atoms with van der Waals surface area (Å²) in [6.07, 6.45) is 5.06.